The number of rotatable bonds is 5. The van der Waals surface area contributed by atoms with E-state index in [-0.39, 0.29) is 11.7 Å². The fourth-order valence-electron chi connectivity index (χ4n) is 1.17. The molecule has 1 aromatic rings. The summed E-state index contributed by atoms with van der Waals surface area (Å²) in [6, 6.07) is 2.00. The molecule has 2 N–H and O–H groups in total. The molecule has 0 aliphatic heterocycles. The van der Waals surface area contributed by atoms with Crippen molar-refractivity contribution in [3.8, 4) is 0 Å². The van der Waals surface area contributed by atoms with Crippen molar-refractivity contribution in [2.75, 3.05) is 0 Å². The van der Waals surface area contributed by atoms with Crippen molar-refractivity contribution in [2.24, 2.45) is 0 Å². The summed E-state index contributed by atoms with van der Waals surface area (Å²) in [5.74, 6) is -1.19. The van der Waals surface area contributed by atoms with Gasteiger partial charge in [-0.2, -0.15) is 0 Å². The molecule has 1 amide bonds. The topological polar surface area (TPSA) is 79.5 Å². The highest BCUT2D eigenvalue weighted by molar-refractivity contribution is 5.83. The molecule has 5 nitrogen and oxygen atoms in total. The number of hydrogen-bond donors (Lipinski definition) is 2. The number of carboxylic acid groups (broad SMARTS) is 1. The van der Waals surface area contributed by atoms with Gasteiger partial charge in [-0.25, -0.2) is 4.79 Å². The van der Waals surface area contributed by atoms with Gasteiger partial charge in [0.2, 0.25) is 5.91 Å². The van der Waals surface area contributed by atoms with Gasteiger partial charge in [-0.3, -0.25) is 4.79 Å². The number of carbonyl (C=O) groups excluding carboxylic acids is 1. The van der Waals surface area contributed by atoms with Crippen molar-refractivity contribution in [1.82, 2.24) is 5.32 Å². The third-order valence-corrected chi connectivity index (χ3v) is 1.86. The van der Waals surface area contributed by atoms with Gasteiger partial charge in [-0.1, -0.05) is 6.92 Å². The summed E-state index contributed by atoms with van der Waals surface area (Å²) in [6.07, 6.45) is 2.36. The van der Waals surface area contributed by atoms with Crippen molar-refractivity contribution in [3.63, 3.8) is 0 Å². The first-order valence-electron chi connectivity index (χ1n) is 4.70. The fraction of sp³-hybridized carbons (Fsp3) is 0.400. The average molecular weight is 211 g/mol. The summed E-state index contributed by atoms with van der Waals surface area (Å²) in [7, 11) is 0. The molecular weight excluding hydrogens is 198 g/mol. The number of nitrogens with one attached hydrogen (secondary N) is 1. The van der Waals surface area contributed by atoms with Gasteiger partial charge in [-0.15, -0.1) is 0 Å². The molecule has 0 radical (unpaired) electrons. The van der Waals surface area contributed by atoms with Crippen LogP contribution in [0.2, 0.25) is 0 Å². The van der Waals surface area contributed by atoms with Crippen molar-refractivity contribution >= 4 is 11.9 Å². The lowest BCUT2D eigenvalue weighted by Crippen LogP contribution is -2.33. The molecule has 1 aromatic heterocycles. The number of hydrogen-bond acceptors (Lipinski definition) is 3. The minimum absolute atomic E-state index is 0.229. The Labute approximate surface area is 87.1 Å². The van der Waals surface area contributed by atoms with E-state index in [2.05, 4.69) is 5.32 Å². The zero-order chi connectivity index (χ0) is 11.3. The van der Waals surface area contributed by atoms with E-state index in [1.807, 2.05) is 6.92 Å². The molecule has 0 aromatic carbocycles. The predicted octanol–water partition coefficient (Wildman–Crippen LogP) is 1.32. The Bertz CT molecular complexity index is 331. The van der Waals surface area contributed by atoms with Crippen LogP contribution < -0.4 is 5.32 Å². The summed E-state index contributed by atoms with van der Waals surface area (Å²) in [6.45, 7) is 1.85. The summed E-state index contributed by atoms with van der Waals surface area (Å²) in [5, 5.41) is 11.3. The molecule has 1 unspecified atom stereocenters. The molecule has 1 heterocycles. The first-order valence-corrected chi connectivity index (χ1v) is 4.70. The Hall–Kier alpha value is -1.78. The van der Waals surface area contributed by atoms with Crippen molar-refractivity contribution in [3.05, 3.63) is 24.2 Å². The second-order valence-corrected chi connectivity index (χ2v) is 3.10. The van der Waals surface area contributed by atoms with Crippen LogP contribution in [0.25, 0.3) is 0 Å². The van der Waals surface area contributed by atoms with Crippen LogP contribution in [-0.4, -0.2) is 17.0 Å². The monoisotopic (exact) mass is 211 g/mol. The van der Waals surface area contributed by atoms with Gasteiger partial charge in [0.1, 0.15) is 5.76 Å². The van der Waals surface area contributed by atoms with Crippen molar-refractivity contribution < 1.29 is 19.1 Å². The van der Waals surface area contributed by atoms with Gasteiger partial charge in [0.05, 0.1) is 6.26 Å². The van der Waals surface area contributed by atoms with Gasteiger partial charge in [-0.05, 0) is 18.6 Å². The van der Waals surface area contributed by atoms with E-state index in [1.165, 1.54) is 12.3 Å². The number of amides is 1. The molecule has 5 heteroatoms. The van der Waals surface area contributed by atoms with Gasteiger partial charge in [0.25, 0.3) is 0 Å². The van der Waals surface area contributed by atoms with Crippen molar-refractivity contribution in [2.45, 2.75) is 25.8 Å². The van der Waals surface area contributed by atoms with E-state index in [1.54, 1.807) is 6.07 Å². The molecule has 0 spiro atoms. The van der Waals surface area contributed by atoms with E-state index in [0.717, 1.165) is 0 Å². The van der Waals surface area contributed by atoms with Crippen LogP contribution >= 0.6 is 0 Å². The molecule has 1 atom stereocenters. The van der Waals surface area contributed by atoms with E-state index in [0.29, 0.717) is 12.8 Å². The van der Waals surface area contributed by atoms with E-state index in [4.69, 9.17) is 9.52 Å². The minimum atomic E-state index is -1.13. The third-order valence-electron chi connectivity index (χ3n) is 1.86. The standard InChI is InChI=1S/C10H13NO4/c1-2-4-8(12)11-9(10(13)14)7-5-3-6-15-7/h3,5-6,9H,2,4H2,1H3,(H,11,12)(H,13,14). The van der Waals surface area contributed by atoms with E-state index >= 15 is 0 Å². The second-order valence-electron chi connectivity index (χ2n) is 3.10. The van der Waals surface area contributed by atoms with Crippen LogP contribution in [0.15, 0.2) is 22.8 Å². The number of aliphatic carboxylic acids is 1. The smallest absolute Gasteiger partial charge is 0.334 e. The Morgan fingerprint density at radius 1 is 1.60 bits per heavy atom. The molecule has 82 valence electrons. The lowest BCUT2D eigenvalue weighted by molar-refractivity contribution is -0.142. The van der Waals surface area contributed by atoms with Crippen molar-refractivity contribution in [1.29, 1.82) is 0 Å². The number of carbonyl (C=O) groups is 2. The highest BCUT2D eigenvalue weighted by Crippen LogP contribution is 2.13. The summed E-state index contributed by atoms with van der Waals surface area (Å²) in [5.41, 5.74) is 0. The largest absolute Gasteiger partial charge is 0.479 e. The van der Waals surface area contributed by atoms with Gasteiger partial charge >= 0.3 is 5.97 Å². The Morgan fingerprint density at radius 3 is 2.80 bits per heavy atom. The first kappa shape index (κ1) is 11.3. The number of furan rings is 1. The molecule has 15 heavy (non-hydrogen) atoms. The summed E-state index contributed by atoms with van der Waals surface area (Å²) < 4.78 is 4.94. The highest BCUT2D eigenvalue weighted by atomic mass is 16.4. The quantitative estimate of drug-likeness (QED) is 0.769. The summed E-state index contributed by atoms with van der Waals surface area (Å²) >= 11 is 0. The maximum Gasteiger partial charge on any atom is 0.334 e. The van der Waals surface area contributed by atoms with Gasteiger partial charge in [0.15, 0.2) is 6.04 Å². The molecular formula is C10H13NO4. The zero-order valence-corrected chi connectivity index (χ0v) is 8.40. The molecule has 0 saturated heterocycles. The third kappa shape index (κ3) is 3.12. The normalized spacial score (nSPS) is 12.1. The van der Waals surface area contributed by atoms with Crippen LogP contribution in [0, 0.1) is 0 Å². The van der Waals surface area contributed by atoms with Crippen LogP contribution in [0.3, 0.4) is 0 Å². The SMILES string of the molecule is CCCC(=O)NC(C(=O)O)c1ccco1. The van der Waals surface area contributed by atoms with Gasteiger partial charge in [0, 0.05) is 6.42 Å². The average Bonchev–Trinajstić information content (AvgIpc) is 2.66. The van der Waals surface area contributed by atoms with Crippen LogP contribution in [0.1, 0.15) is 31.6 Å². The highest BCUT2D eigenvalue weighted by Gasteiger charge is 2.23. The van der Waals surface area contributed by atoms with Crippen LogP contribution in [0.4, 0.5) is 0 Å². The maximum atomic E-state index is 11.2. The van der Waals surface area contributed by atoms with E-state index in [9.17, 15) is 9.59 Å². The summed E-state index contributed by atoms with van der Waals surface area (Å²) in [4.78, 5) is 22.1. The molecule has 0 bridgehead atoms. The Morgan fingerprint density at radius 2 is 2.33 bits per heavy atom. The lowest BCUT2D eigenvalue weighted by Gasteiger charge is -2.11. The second kappa shape index (κ2) is 5.19. The zero-order valence-electron chi connectivity index (χ0n) is 8.40. The molecule has 0 fully saturated rings. The van der Waals surface area contributed by atoms with E-state index < -0.39 is 12.0 Å². The maximum absolute atomic E-state index is 11.2. The minimum Gasteiger partial charge on any atom is -0.479 e. The molecule has 0 saturated carbocycles. The number of carboxylic acids is 1. The molecule has 1 rings (SSSR count). The Balaban J connectivity index is 2.68. The lowest BCUT2D eigenvalue weighted by atomic mass is 10.2. The fourth-order valence-corrected chi connectivity index (χ4v) is 1.17. The predicted molar refractivity (Wildman–Crippen MR) is 52.1 cm³/mol. The van der Waals surface area contributed by atoms with Crippen LogP contribution in [-0.2, 0) is 9.59 Å². The Kier molecular flexibility index (Phi) is 3.91. The first-order chi connectivity index (χ1) is 7.15. The van der Waals surface area contributed by atoms with Gasteiger partial charge < -0.3 is 14.8 Å². The molecule has 0 aliphatic rings. The van der Waals surface area contributed by atoms with Crippen LogP contribution in [0.5, 0.6) is 0 Å². The molecule has 0 aliphatic carbocycles.